The minimum absolute atomic E-state index is 0.0725. The van der Waals surface area contributed by atoms with Gasteiger partial charge in [0.1, 0.15) is 12.4 Å². The molecule has 9 heteroatoms. The average molecular weight is 387 g/mol. The zero-order chi connectivity index (χ0) is 19.8. The highest BCUT2D eigenvalue weighted by molar-refractivity contribution is 5.76. The molecule has 4 rings (SSSR count). The molecule has 3 amide bonds. The summed E-state index contributed by atoms with van der Waals surface area (Å²) in [6, 6.07) is 5.88. The van der Waals surface area contributed by atoms with Crippen molar-refractivity contribution in [3.63, 3.8) is 0 Å². The molecule has 148 valence electrons. The molecule has 0 radical (unpaired) electrons. The fourth-order valence-electron chi connectivity index (χ4n) is 3.71. The van der Waals surface area contributed by atoms with Crippen LogP contribution in [-0.4, -0.2) is 64.0 Å². The van der Waals surface area contributed by atoms with E-state index < -0.39 is 0 Å². The van der Waals surface area contributed by atoms with Crippen molar-refractivity contribution >= 4 is 12.1 Å². The Bertz CT molecular complexity index is 911. The molecule has 1 atom stereocenters. The van der Waals surface area contributed by atoms with E-state index in [0.29, 0.717) is 32.8 Å². The van der Waals surface area contributed by atoms with E-state index in [1.54, 1.807) is 26.6 Å². The molecule has 1 N–H and O–H groups in total. The molecule has 28 heavy (non-hydrogen) atoms. The lowest BCUT2D eigenvalue weighted by Crippen LogP contribution is -2.55. The summed E-state index contributed by atoms with van der Waals surface area (Å²) in [4.78, 5) is 27.5. The number of nitrogens with zero attached hydrogens (tertiary/aromatic N) is 4. The molecule has 2 aliphatic heterocycles. The summed E-state index contributed by atoms with van der Waals surface area (Å²) in [5.74, 6) is -0.299. The molecule has 0 aliphatic carbocycles. The van der Waals surface area contributed by atoms with Gasteiger partial charge in [-0.3, -0.25) is 4.90 Å². The van der Waals surface area contributed by atoms with Crippen LogP contribution in [0.2, 0.25) is 0 Å². The normalized spacial score (nSPS) is 18.8. The van der Waals surface area contributed by atoms with Gasteiger partial charge in [0.15, 0.2) is 0 Å². The first-order valence-corrected chi connectivity index (χ1v) is 9.21. The second kappa shape index (κ2) is 7.14. The summed E-state index contributed by atoms with van der Waals surface area (Å²) in [7, 11) is 0. The van der Waals surface area contributed by atoms with E-state index in [0.717, 1.165) is 22.6 Å². The molecule has 1 aromatic heterocycles. The van der Waals surface area contributed by atoms with Crippen LogP contribution in [0, 0.1) is 19.7 Å². The van der Waals surface area contributed by atoms with Crippen LogP contribution in [0.4, 0.5) is 14.0 Å². The van der Waals surface area contributed by atoms with Gasteiger partial charge in [0, 0.05) is 37.4 Å². The Morgan fingerprint density at radius 3 is 2.79 bits per heavy atom. The number of benzene rings is 1. The van der Waals surface area contributed by atoms with E-state index in [4.69, 9.17) is 4.74 Å². The maximum absolute atomic E-state index is 13.2. The Labute approximate surface area is 161 Å². The highest BCUT2D eigenvalue weighted by atomic mass is 19.1. The molecule has 2 saturated heterocycles. The minimum atomic E-state index is -0.301. The third-order valence-corrected chi connectivity index (χ3v) is 5.33. The molecule has 1 aromatic carbocycles. The zero-order valence-corrected chi connectivity index (χ0v) is 15.8. The lowest BCUT2D eigenvalue weighted by molar-refractivity contribution is 0.127. The van der Waals surface area contributed by atoms with Crippen molar-refractivity contribution in [3.8, 4) is 5.69 Å². The van der Waals surface area contributed by atoms with Crippen molar-refractivity contribution in [3.05, 3.63) is 47.0 Å². The number of aromatic nitrogens is 2. The number of fused-ring (bicyclic) bond motifs is 1. The van der Waals surface area contributed by atoms with E-state index in [1.165, 1.54) is 12.1 Å². The van der Waals surface area contributed by atoms with Gasteiger partial charge in [-0.1, -0.05) is 0 Å². The van der Waals surface area contributed by atoms with Crippen LogP contribution >= 0.6 is 0 Å². The number of aryl methyl sites for hydroxylation is 1. The topological polar surface area (TPSA) is 79.7 Å². The monoisotopic (exact) mass is 387 g/mol. The number of cyclic esters (lactones) is 1. The second-order valence-electron chi connectivity index (χ2n) is 7.07. The second-order valence-corrected chi connectivity index (χ2v) is 7.07. The summed E-state index contributed by atoms with van der Waals surface area (Å²) in [6.07, 6.45) is -0.301. The Hall–Kier alpha value is -3.10. The minimum Gasteiger partial charge on any atom is -0.447 e. The van der Waals surface area contributed by atoms with E-state index in [2.05, 4.69) is 10.4 Å². The maximum Gasteiger partial charge on any atom is 0.410 e. The molecule has 0 unspecified atom stereocenters. The maximum atomic E-state index is 13.2. The first kappa shape index (κ1) is 18.3. The number of nitrogens with one attached hydrogen (secondary N) is 1. The molecule has 2 fully saturated rings. The summed E-state index contributed by atoms with van der Waals surface area (Å²) >= 11 is 0. The van der Waals surface area contributed by atoms with Gasteiger partial charge >= 0.3 is 12.1 Å². The van der Waals surface area contributed by atoms with Crippen LogP contribution in [0.15, 0.2) is 24.3 Å². The van der Waals surface area contributed by atoms with Crippen LogP contribution in [0.25, 0.3) is 5.69 Å². The fraction of sp³-hybridized carbons (Fsp3) is 0.421. The molecule has 8 nitrogen and oxygen atoms in total. The lowest BCUT2D eigenvalue weighted by Gasteiger charge is -2.35. The van der Waals surface area contributed by atoms with Gasteiger partial charge in [0.25, 0.3) is 0 Å². The predicted octanol–water partition coefficient (Wildman–Crippen LogP) is 1.97. The van der Waals surface area contributed by atoms with Gasteiger partial charge in [-0.15, -0.1) is 0 Å². The molecule has 0 bridgehead atoms. The fourth-order valence-corrected chi connectivity index (χ4v) is 3.71. The first-order valence-electron chi connectivity index (χ1n) is 9.21. The number of rotatable bonds is 3. The van der Waals surface area contributed by atoms with Crippen LogP contribution in [0.3, 0.4) is 0 Å². The summed E-state index contributed by atoms with van der Waals surface area (Å²) in [6.45, 7) is 5.90. The van der Waals surface area contributed by atoms with E-state index in [1.807, 2.05) is 13.8 Å². The summed E-state index contributed by atoms with van der Waals surface area (Å²) in [5, 5.41) is 7.47. The zero-order valence-electron chi connectivity index (χ0n) is 15.8. The van der Waals surface area contributed by atoms with Gasteiger partial charge in [-0.25, -0.2) is 18.7 Å². The van der Waals surface area contributed by atoms with E-state index in [-0.39, 0.29) is 24.0 Å². The lowest BCUT2D eigenvalue weighted by atomic mass is 10.2. The number of halogens is 1. The van der Waals surface area contributed by atoms with Crippen molar-refractivity contribution in [1.29, 1.82) is 0 Å². The van der Waals surface area contributed by atoms with Crippen LogP contribution in [-0.2, 0) is 11.3 Å². The van der Waals surface area contributed by atoms with Gasteiger partial charge in [-0.05, 0) is 38.1 Å². The largest absolute Gasteiger partial charge is 0.447 e. The SMILES string of the molecule is Cc1nn(-c2ccc(F)cc2)c(C)c1CNC(=O)N1CCN2C(=O)OC[C@@H]2C1. The number of carbonyl (C=O) groups is 2. The van der Waals surface area contributed by atoms with Crippen LogP contribution in [0.1, 0.15) is 17.0 Å². The van der Waals surface area contributed by atoms with E-state index in [9.17, 15) is 14.0 Å². The third-order valence-electron chi connectivity index (χ3n) is 5.33. The van der Waals surface area contributed by atoms with Gasteiger partial charge in [0.2, 0.25) is 0 Å². The summed E-state index contributed by atoms with van der Waals surface area (Å²) in [5.41, 5.74) is 3.39. The summed E-state index contributed by atoms with van der Waals surface area (Å²) < 4.78 is 19.9. The third kappa shape index (κ3) is 3.28. The molecule has 2 aromatic rings. The molecule has 2 aliphatic rings. The molecule has 0 saturated carbocycles. The smallest absolute Gasteiger partial charge is 0.410 e. The number of piperazine rings is 1. The van der Waals surface area contributed by atoms with Crippen molar-refractivity contribution < 1.29 is 18.7 Å². The number of hydrogen-bond donors (Lipinski definition) is 1. The number of ether oxygens (including phenoxy) is 1. The Balaban J connectivity index is 1.42. The molecule has 0 spiro atoms. The molecular weight excluding hydrogens is 365 g/mol. The number of carbonyl (C=O) groups excluding carboxylic acids is 2. The van der Waals surface area contributed by atoms with Crippen LogP contribution in [0.5, 0.6) is 0 Å². The van der Waals surface area contributed by atoms with Crippen molar-refractivity contribution in [1.82, 2.24) is 24.9 Å². The quantitative estimate of drug-likeness (QED) is 0.873. The Morgan fingerprint density at radius 2 is 2.04 bits per heavy atom. The highest BCUT2D eigenvalue weighted by Gasteiger charge is 2.38. The van der Waals surface area contributed by atoms with E-state index >= 15 is 0 Å². The van der Waals surface area contributed by atoms with Gasteiger partial charge in [-0.2, -0.15) is 5.10 Å². The molecular formula is C19H22FN5O3. The van der Waals surface area contributed by atoms with Crippen molar-refractivity contribution in [2.45, 2.75) is 26.4 Å². The highest BCUT2D eigenvalue weighted by Crippen LogP contribution is 2.20. The van der Waals surface area contributed by atoms with Crippen molar-refractivity contribution in [2.24, 2.45) is 0 Å². The Morgan fingerprint density at radius 1 is 1.29 bits per heavy atom. The Kier molecular flexibility index (Phi) is 4.66. The van der Waals surface area contributed by atoms with Gasteiger partial charge in [0.05, 0.1) is 17.4 Å². The first-order chi connectivity index (χ1) is 13.4. The number of hydrogen-bond acceptors (Lipinski definition) is 4. The van der Waals surface area contributed by atoms with Crippen molar-refractivity contribution in [2.75, 3.05) is 26.2 Å². The number of urea groups is 1. The van der Waals surface area contributed by atoms with Crippen LogP contribution < -0.4 is 5.32 Å². The molecule has 3 heterocycles. The number of amides is 3. The van der Waals surface area contributed by atoms with Gasteiger partial charge < -0.3 is 15.0 Å². The standard InChI is InChI=1S/C19H22FN5O3/c1-12-17(13(2)25(22-12)15-5-3-14(20)4-6-15)9-21-18(26)23-7-8-24-16(10-23)11-28-19(24)27/h3-6,16H,7-11H2,1-2H3,(H,21,26)/t16-/m0/s1. The average Bonchev–Trinajstić information content (AvgIpc) is 3.20. The predicted molar refractivity (Wildman–Crippen MR) is 98.6 cm³/mol.